The SMILES string of the molecule is CPC12CC(PC)(C(OC(=O)c3ccccc3)C1OC(=O)c1ccccc1)C1C2C2(C)CCC1(C)O2. The maximum Gasteiger partial charge on any atom is 0.338 e. The van der Waals surface area contributed by atoms with Crippen LogP contribution >= 0.6 is 17.2 Å². The van der Waals surface area contributed by atoms with Gasteiger partial charge in [0.2, 0.25) is 0 Å². The average molecular weight is 525 g/mol. The summed E-state index contributed by atoms with van der Waals surface area (Å²) in [5.41, 5.74) is 0.565. The maximum absolute atomic E-state index is 13.4. The second-order valence-electron chi connectivity index (χ2n) is 11.3. The summed E-state index contributed by atoms with van der Waals surface area (Å²) in [5.74, 6) is -0.143. The van der Waals surface area contributed by atoms with Gasteiger partial charge >= 0.3 is 11.9 Å². The minimum absolute atomic E-state index is 0.240. The molecular weight excluding hydrogens is 490 g/mol. The molecule has 2 saturated carbocycles. The Morgan fingerprint density at radius 2 is 1.14 bits per heavy atom. The largest absolute Gasteiger partial charge is 0.454 e. The third kappa shape index (κ3) is 3.19. The number of hydrogen-bond donors (Lipinski definition) is 0. The van der Waals surface area contributed by atoms with Gasteiger partial charge in [0.15, 0.2) is 0 Å². The van der Waals surface area contributed by atoms with Crippen LogP contribution in [-0.2, 0) is 14.2 Å². The summed E-state index contributed by atoms with van der Waals surface area (Å²) < 4.78 is 19.7. The molecule has 0 aromatic heterocycles. The third-order valence-electron chi connectivity index (χ3n) is 9.64. The molecule has 4 bridgehead atoms. The highest BCUT2D eigenvalue weighted by Crippen LogP contribution is 2.80. The molecule has 2 aromatic rings. The van der Waals surface area contributed by atoms with Crippen molar-refractivity contribution in [1.29, 1.82) is 0 Å². The fraction of sp³-hybridized carbons (Fsp3) is 0.517. The van der Waals surface area contributed by atoms with Gasteiger partial charge in [-0.2, -0.15) is 0 Å². The van der Waals surface area contributed by atoms with Crippen LogP contribution in [0.1, 0.15) is 53.8 Å². The van der Waals surface area contributed by atoms with Crippen molar-refractivity contribution in [2.24, 2.45) is 11.8 Å². The van der Waals surface area contributed by atoms with Crippen LogP contribution in [-0.4, -0.2) is 59.0 Å². The van der Waals surface area contributed by atoms with Gasteiger partial charge in [0.25, 0.3) is 0 Å². The van der Waals surface area contributed by atoms with Crippen LogP contribution in [0.2, 0.25) is 0 Å². The molecule has 2 aliphatic carbocycles. The molecule has 36 heavy (non-hydrogen) atoms. The first-order chi connectivity index (χ1) is 17.2. The van der Waals surface area contributed by atoms with Crippen LogP contribution in [0.5, 0.6) is 0 Å². The summed E-state index contributed by atoms with van der Waals surface area (Å²) in [7, 11) is 1.08. The summed E-state index contributed by atoms with van der Waals surface area (Å²) in [4.78, 5) is 26.9. The highest BCUT2D eigenvalue weighted by Gasteiger charge is 2.85. The molecule has 0 spiro atoms. The van der Waals surface area contributed by atoms with E-state index in [1.54, 1.807) is 24.3 Å². The first kappa shape index (κ1) is 24.5. The number of ether oxygens (including phenoxy) is 3. The predicted molar refractivity (Wildman–Crippen MR) is 144 cm³/mol. The number of rotatable bonds is 6. The Bertz CT molecular complexity index is 1100. The Balaban J connectivity index is 1.46. The van der Waals surface area contributed by atoms with Crippen molar-refractivity contribution in [3.63, 3.8) is 0 Å². The van der Waals surface area contributed by atoms with Crippen molar-refractivity contribution in [3.05, 3.63) is 71.8 Å². The van der Waals surface area contributed by atoms with E-state index in [0.29, 0.717) is 28.3 Å². The van der Waals surface area contributed by atoms with Crippen LogP contribution in [0, 0.1) is 11.8 Å². The molecule has 190 valence electrons. The van der Waals surface area contributed by atoms with Gasteiger partial charge in [-0.05, 0) is 70.7 Å². The van der Waals surface area contributed by atoms with E-state index >= 15 is 0 Å². The van der Waals surface area contributed by atoms with Crippen molar-refractivity contribution in [3.8, 4) is 0 Å². The Kier molecular flexibility index (Phi) is 5.69. The maximum atomic E-state index is 13.4. The van der Waals surface area contributed by atoms with Gasteiger partial charge in [-0.3, -0.25) is 0 Å². The molecule has 10 unspecified atom stereocenters. The standard InChI is InChI=1S/C29H34O5P2/c1-26-15-16-27(2,34-26)21-20(26)28(35-3)17-29(21,36-4)23(33-25(31)19-13-9-6-10-14-19)22(28)32-24(30)18-11-7-5-8-12-18/h5-14,20-23,35-36H,15-17H2,1-4H3. The van der Waals surface area contributed by atoms with Crippen LogP contribution in [0.4, 0.5) is 0 Å². The molecule has 5 nitrogen and oxygen atoms in total. The fourth-order valence-corrected chi connectivity index (χ4v) is 12.1. The second-order valence-corrected chi connectivity index (χ2v) is 14.2. The predicted octanol–water partition coefficient (Wildman–Crippen LogP) is 5.52. The van der Waals surface area contributed by atoms with E-state index in [-0.39, 0.29) is 45.3 Å². The molecule has 2 saturated heterocycles. The van der Waals surface area contributed by atoms with Gasteiger partial charge in [-0.15, -0.1) is 17.2 Å². The molecule has 0 N–H and O–H groups in total. The number of carbonyl (C=O) groups is 2. The molecule has 4 fully saturated rings. The molecule has 2 heterocycles. The van der Waals surface area contributed by atoms with E-state index in [9.17, 15) is 9.59 Å². The average Bonchev–Trinajstić information content (AvgIpc) is 3.56. The van der Waals surface area contributed by atoms with Crippen LogP contribution < -0.4 is 0 Å². The molecule has 2 aromatic carbocycles. The van der Waals surface area contributed by atoms with E-state index in [1.807, 2.05) is 36.4 Å². The zero-order chi connectivity index (χ0) is 25.3. The Morgan fingerprint density at radius 1 is 0.750 bits per heavy atom. The smallest absolute Gasteiger partial charge is 0.338 e. The highest BCUT2D eigenvalue weighted by molar-refractivity contribution is 7.41. The van der Waals surface area contributed by atoms with Gasteiger partial charge in [0.05, 0.1) is 22.3 Å². The van der Waals surface area contributed by atoms with Gasteiger partial charge in [0.1, 0.15) is 12.2 Å². The lowest BCUT2D eigenvalue weighted by molar-refractivity contribution is -0.0777. The zero-order valence-electron chi connectivity index (χ0n) is 21.2. The number of benzene rings is 2. The van der Waals surface area contributed by atoms with Gasteiger partial charge < -0.3 is 14.2 Å². The first-order valence-electron chi connectivity index (χ1n) is 12.8. The van der Waals surface area contributed by atoms with Crippen molar-refractivity contribution < 1.29 is 23.8 Å². The number of hydrogen-bond acceptors (Lipinski definition) is 5. The fourth-order valence-electron chi connectivity index (χ4n) is 8.38. The normalized spacial score (nSPS) is 42.4. The first-order valence-corrected chi connectivity index (χ1v) is 15.8. The van der Waals surface area contributed by atoms with Crippen LogP contribution in [0.15, 0.2) is 60.7 Å². The van der Waals surface area contributed by atoms with Crippen molar-refractivity contribution >= 4 is 29.1 Å². The quantitative estimate of drug-likeness (QED) is 0.368. The van der Waals surface area contributed by atoms with E-state index in [0.717, 1.165) is 19.3 Å². The molecule has 7 heteroatoms. The second kappa shape index (κ2) is 8.35. The van der Waals surface area contributed by atoms with Gasteiger partial charge in [-0.25, -0.2) is 9.59 Å². The van der Waals surface area contributed by atoms with E-state index in [1.165, 1.54) is 0 Å². The minimum Gasteiger partial charge on any atom is -0.454 e. The molecule has 0 amide bonds. The molecule has 6 rings (SSSR count). The summed E-state index contributed by atoms with van der Waals surface area (Å²) in [5, 5.41) is -0.542. The molecule has 0 radical (unpaired) electrons. The summed E-state index contributed by atoms with van der Waals surface area (Å²) >= 11 is 0. The number of carbonyl (C=O) groups excluding carboxylic acids is 2. The Hall–Kier alpha value is -1.80. The summed E-state index contributed by atoms with van der Waals surface area (Å²) in [6, 6.07) is 18.3. The molecule has 10 atom stereocenters. The van der Waals surface area contributed by atoms with Crippen molar-refractivity contribution in [2.45, 2.75) is 66.8 Å². The molecular formula is C29H34O5P2. The number of fused-ring (bicyclic) bond motifs is 9. The minimum atomic E-state index is -0.502. The van der Waals surface area contributed by atoms with Crippen molar-refractivity contribution in [1.82, 2.24) is 0 Å². The molecule has 2 aliphatic heterocycles. The third-order valence-corrected chi connectivity index (χ3v) is 13.0. The number of esters is 2. The van der Waals surface area contributed by atoms with Gasteiger partial charge in [0, 0.05) is 22.1 Å². The summed E-state index contributed by atoms with van der Waals surface area (Å²) in [6.45, 7) is 8.99. The Labute approximate surface area is 216 Å². The van der Waals surface area contributed by atoms with E-state index in [2.05, 4.69) is 27.2 Å². The summed E-state index contributed by atoms with van der Waals surface area (Å²) in [6.07, 6.45) is 1.95. The van der Waals surface area contributed by atoms with E-state index < -0.39 is 12.2 Å². The van der Waals surface area contributed by atoms with Gasteiger partial charge in [-0.1, -0.05) is 36.4 Å². The van der Waals surface area contributed by atoms with Crippen LogP contribution in [0.25, 0.3) is 0 Å². The van der Waals surface area contributed by atoms with E-state index in [4.69, 9.17) is 14.2 Å². The lowest BCUT2D eigenvalue weighted by Gasteiger charge is -2.53. The zero-order valence-corrected chi connectivity index (χ0v) is 23.2. The van der Waals surface area contributed by atoms with Crippen molar-refractivity contribution in [2.75, 3.05) is 13.3 Å². The molecule has 4 aliphatic rings. The Morgan fingerprint density at radius 3 is 1.50 bits per heavy atom. The lowest BCUT2D eigenvalue weighted by atomic mass is 9.60. The topological polar surface area (TPSA) is 61.8 Å². The van der Waals surface area contributed by atoms with Crippen LogP contribution in [0.3, 0.4) is 0 Å². The monoisotopic (exact) mass is 524 g/mol. The lowest BCUT2D eigenvalue weighted by Crippen LogP contribution is -2.63. The highest BCUT2D eigenvalue weighted by atomic mass is 31.1.